The Kier molecular flexibility index (Phi) is 4.79. The molecule has 4 rings (SSSR count). The lowest BCUT2D eigenvalue weighted by Gasteiger charge is -2.13. The van der Waals surface area contributed by atoms with Gasteiger partial charge in [0, 0.05) is 34.0 Å². The number of fused-ring (bicyclic) bond motifs is 2. The maximum Gasteiger partial charge on any atom is 0.198 e. The third-order valence-corrected chi connectivity index (χ3v) is 4.55. The molecule has 0 saturated carbocycles. The van der Waals surface area contributed by atoms with E-state index >= 15 is 0 Å². The van der Waals surface area contributed by atoms with Crippen LogP contribution in [0.5, 0.6) is 0 Å². The molecule has 12 heteroatoms. The van der Waals surface area contributed by atoms with Gasteiger partial charge in [-0.2, -0.15) is 0 Å². The van der Waals surface area contributed by atoms with E-state index in [2.05, 4.69) is 0 Å². The SMILES string of the molecule is Fc1c(F)c(F)c2c(F)c(F)c(-c3[c]c4c(F)c(F)c(F)c(F)c4c(F)c3F)[c]c2c1F. The van der Waals surface area contributed by atoms with Gasteiger partial charge in [0.05, 0.1) is 10.8 Å². The van der Waals surface area contributed by atoms with Crippen LogP contribution in [0.3, 0.4) is 0 Å². The minimum Gasteiger partial charge on any atom is -0.203 e. The Morgan fingerprint density at radius 1 is 0.281 bits per heavy atom. The van der Waals surface area contributed by atoms with Crippen LogP contribution < -0.4 is 0 Å². The molecular formula is C20F12. The van der Waals surface area contributed by atoms with Gasteiger partial charge in [-0.3, -0.25) is 0 Å². The first-order valence-corrected chi connectivity index (χ1v) is 8.02. The highest BCUT2D eigenvalue weighted by molar-refractivity contribution is 5.92. The van der Waals surface area contributed by atoms with Crippen molar-refractivity contribution in [2.24, 2.45) is 0 Å². The van der Waals surface area contributed by atoms with Crippen molar-refractivity contribution in [1.82, 2.24) is 0 Å². The molecule has 0 aliphatic carbocycles. The minimum atomic E-state index is -2.51. The maximum atomic E-state index is 14.5. The van der Waals surface area contributed by atoms with Crippen LogP contribution in [0.25, 0.3) is 32.7 Å². The summed E-state index contributed by atoms with van der Waals surface area (Å²) < 4.78 is 167. The van der Waals surface area contributed by atoms with Crippen molar-refractivity contribution in [3.8, 4) is 11.1 Å². The van der Waals surface area contributed by atoms with Crippen molar-refractivity contribution in [3.05, 3.63) is 81.9 Å². The quantitative estimate of drug-likeness (QED) is 0.162. The predicted molar refractivity (Wildman–Crippen MR) is 84.1 cm³/mol. The second-order valence-electron chi connectivity index (χ2n) is 6.27. The van der Waals surface area contributed by atoms with Gasteiger partial charge in [0.2, 0.25) is 0 Å². The lowest BCUT2D eigenvalue weighted by molar-refractivity contribution is 0.414. The molecule has 0 saturated heterocycles. The van der Waals surface area contributed by atoms with Gasteiger partial charge in [-0.1, -0.05) is 0 Å². The number of halogens is 12. The molecule has 0 atom stereocenters. The second kappa shape index (κ2) is 7.04. The fourth-order valence-electron chi connectivity index (χ4n) is 3.05. The summed E-state index contributed by atoms with van der Waals surface area (Å²) >= 11 is 0. The second-order valence-corrected chi connectivity index (χ2v) is 6.27. The smallest absolute Gasteiger partial charge is 0.198 e. The van der Waals surface area contributed by atoms with Gasteiger partial charge >= 0.3 is 0 Å². The zero-order valence-corrected chi connectivity index (χ0v) is 14.5. The highest BCUT2D eigenvalue weighted by Crippen LogP contribution is 2.39. The monoisotopic (exact) mass is 468 g/mol. The molecule has 0 spiro atoms. The van der Waals surface area contributed by atoms with E-state index in [0.717, 1.165) is 0 Å². The average molecular weight is 468 g/mol. The van der Waals surface area contributed by atoms with Crippen LogP contribution in [0, 0.1) is 81.9 Å². The first-order valence-electron chi connectivity index (χ1n) is 8.02. The van der Waals surface area contributed by atoms with Gasteiger partial charge < -0.3 is 0 Å². The molecule has 164 valence electrons. The summed E-state index contributed by atoms with van der Waals surface area (Å²) in [6, 6.07) is 2.93. The molecule has 0 fully saturated rings. The van der Waals surface area contributed by atoms with Gasteiger partial charge in [0.1, 0.15) is 0 Å². The van der Waals surface area contributed by atoms with Crippen molar-refractivity contribution in [1.29, 1.82) is 0 Å². The molecule has 4 aromatic rings. The molecule has 32 heavy (non-hydrogen) atoms. The number of hydrogen-bond acceptors (Lipinski definition) is 0. The van der Waals surface area contributed by atoms with E-state index in [1.54, 1.807) is 0 Å². The van der Waals surface area contributed by atoms with Crippen LogP contribution in [0.4, 0.5) is 52.7 Å². The lowest BCUT2D eigenvalue weighted by Crippen LogP contribution is -2.06. The van der Waals surface area contributed by atoms with Crippen LogP contribution in [0.15, 0.2) is 0 Å². The Morgan fingerprint density at radius 2 is 0.531 bits per heavy atom. The summed E-state index contributed by atoms with van der Waals surface area (Å²) in [6.07, 6.45) is 0. The summed E-state index contributed by atoms with van der Waals surface area (Å²) in [6.45, 7) is 0. The fourth-order valence-corrected chi connectivity index (χ4v) is 3.05. The van der Waals surface area contributed by atoms with Crippen LogP contribution >= 0.6 is 0 Å². The van der Waals surface area contributed by atoms with Gasteiger partial charge in [0.25, 0.3) is 0 Å². The zero-order valence-electron chi connectivity index (χ0n) is 14.5. The molecule has 0 unspecified atom stereocenters. The highest BCUT2D eigenvalue weighted by atomic mass is 19.2. The van der Waals surface area contributed by atoms with Crippen molar-refractivity contribution in [3.63, 3.8) is 0 Å². The molecule has 0 aromatic heterocycles. The topological polar surface area (TPSA) is 0 Å². The van der Waals surface area contributed by atoms with E-state index in [1.807, 2.05) is 0 Å². The molecule has 0 bridgehead atoms. The first-order chi connectivity index (χ1) is 14.9. The number of hydrogen-bond donors (Lipinski definition) is 0. The largest absolute Gasteiger partial charge is 0.203 e. The molecule has 2 radical (unpaired) electrons. The van der Waals surface area contributed by atoms with Crippen LogP contribution in [-0.4, -0.2) is 0 Å². The molecular weight excluding hydrogens is 468 g/mol. The van der Waals surface area contributed by atoms with Crippen LogP contribution in [0.2, 0.25) is 0 Å². The summed E-state index contributed by atoms with van der Waals surface area (Å²) in [5.74, 6) is -28.8. The molecule has 0 aliphatic heterocycles. The molecule has 0 nitrogen and oxygen atoms in total. The fraction of sp³-hybridized carbons (Fsp3) is 0. The predicted octanol–water partition coefficient (Wildman–Crippen LogP) is 6.93. The normalized spacial score (nSPS) is 11.8. The van der Waals surface area contributed by atoms with Crippen LogP contribution in [-0.2, 0) is 0 Å². The zero-order chi connectivity index (χ0) is 23.8. The van der Waals surface area contributed by atoms with Crippen molar-refractivity contribution >= 4 is 21.5 Å². The van der Waals surface area contributed by atoms with E-state index < -0.39 is 102 Å². The Morgan fingerprint density at radius 3 is 0.844 bits per heavy atom. The van der Waals surface area contributed by atoms with Crippen molar-refractivity contribution < 1.29 is 52.7 Å². The van der Waals surface area contributed by atoms with Gasteiger partial charge in [0.15, 0.2) is 69.8 Å². The van der Waals surface area contributed by atoms with Gasteiger partial charge in [-0.25, -0.2) is 52.7 Å². The molecule has 0 N–H and O–H groups in total. The summed E-state index contributed by atoms with van der Waals surface area (Å²) in [5.41, 5.74) is -3.30. The third-order valence-electron chi connectivity index (χ3n) is 4.55. The third kappa shape index (κ3) is 2.67. The number of rotatable bonds is 1. The minimum absolute atomic E-state index is 1.46. The van der Waals surface area contributed by atoms with E-state index in [9.17, 15) is 52.7 Å². The number of benzene rings is 4. The maximum absolute atomic E-state index is 14.5. The Bertz CT molecular complexity index is 1380. The van der Waals surface area contributed by atoms with E-state index in [1.165, 1.54) is 12.1 Å². The van der Waals surface area contributed by atoms with Gasteiger partial charge in [-0.05, 0) is 0 Å². The Hall–Kier alpha value is -3.44. The van der Waals surface area contributed by atoms with Crippen LogP contribution in [0.1, 0.15) is 0 Å². The molecule has 0 amide bonds. The standard InChI is InChI=1S/C20F12/c21-9-3(1-5-7(13(9)25)15(27)19(31)17(29)11(5)23)4-2-6-8(14(26)10(4)22)16(28)20(32)18(30)12(6)24. The molecule has 0 aliphatic rings. The van der Waals surface area contributed by atoms with E-state index in [0.29, 0.717) is 0 Å². The van der Waals surface area contributed by atoms with E-state index in [-0.39, 0.29) is 0 Å². The average Bonchev–Trinajstić information content (AvgIpc) is 2.76. The summed E-state index contributed by atoms with van der Waals surface area (Å²) in [5, 5.41) is -6.76. The first kappa shape index (κ1) is 21.8. The van der Waals surface area contributed by atoms with Gasteiger partial charge in [-0.15, -0.1) is 0 Å². The van der Waals surface area contributed by atoms with E-state index in [4.69, 9.17) is 0 Å². The summed E-state index contributed by atoms with van der Waals surface area (Å²) in [4.78, 5) is 0. The summed E-state index contributed by atoms with van der Waals surface area (Å²) in [7, 11) is 0. The molecule has 4 aromatic carbocycles. The highest BCUT2D eigenvalue weighted by Gasteiger charge is 2.31. The Labute approximate surface area is 168 Å². The Balaban J connectivity index is 2.20. The molecule has 0 heterocycles. The lowest BCUT2D eigenvalue weighted by atomic mass is 9.95. The van der Waals surface area contributed by atoms with Crippen molar-refractivity contribution in [2.45, 2.75) is 0 Å². The van der Waals surface area contributed by atoms with Crippen molar-refractivity contribution in [2.75, 3.05) is 0 Å².